The number of nitriles is 1. The third kappa shape index (κ3) is 4.87. The van der Waals surface area contributed by atoms with E-state index in [1.54, 1.807) is 32.4 Å². The Labute approximate surface area is 165 Å². The Balaban J connectivity index is 2.25. The number of halogens is 1. The topological polar surface area (TPSA) is 58.3 Å². The average molecular weight is 383 g/mol. The quantitative estimate of drug-likeness (QED) is 0.536. The molecule has 1 aromatic carbocycles. The molecule has 0 aliphatic rings. The Morgan fingerprint density at radius 1 is 1.36 bits per heavy atom. The van der Waals surface area contributed by atoms with E-state index in [1.165, 1.54) is 17.0 Å². The van der Waals surface area contributed by atoms with Crippen LogP contribution in [0.2, 0.25) is 0 Å². The molecule has 0 bridgehead atoms. The Morgan fingerprint density at radius 3 is 2.57 bits per heavy atom. The van der Waals surface area contributed by atoms with E-state index in [0.29, 0.717) is 13.2 Å². The summed E-state index contributed by atoms with van der Waals surface area (Å²) in [5.74, 6) is -0.699. The zero-order valence-corrected chi connectivity index (χ0v) is 17.0. The smallest absolute Gasteiger partial charge is 0.264 e. The summed E-state index contributed by atoms with van der Waals surface area (Å²) in [6.45, 7) is 6.88. The molecule has 0 aliphatic carbocycles. The standard InChI is InChI=1S/C22H26FN3O2/c1-15-10-19(17(3)26(15)16(2)14-28-5)11-20(12-24)22(27)25(4)13-18-6-8-21(23)9-7-18/h6-11,16H,13-14H2,1-5H3/b20-11+. The Hall–Kier alpha value is -2.91. The SMILES string of the molecule is COCC(C)n1c(C)cc(/C=C(\C#N)C(=O)N(C)Cc2ccc(F)cc2)c1C. The maximum absolute atomic E-state index is 13.0. The first kappa shape index (κ1) is 21.4. The molecule has 0 spiro atoms. The predicted molar refractivity (Wildman–Crippen MR) is 107 cm³/mol. The van der Waals surface area contributed by atoms with Gasteiger partial charge in [-0.2, -0.15) is 5.26 Å². The molecule has 28 heavy (non-hydrogen) atoms. The maximum atomic E-state index is 13.0. The van der Waals surface area contributed by atoms with Crippen molar-refractivity contribution in [1.82, 2.24) is 9.47 Å². The molecule has 1 unspecified atom stereocenters. The van der Waals surface area contributed by atoms with Gasteiger partial charge in [-0.15, -0.1) is 0 Å². The van der Waals surface area contributed by atoms with Crippen molar-refractivity contribution in [2.75, 3.05) is 20.8 Å². The Bertz CT molecular complexity index is 907. The number of aryl methyl sites for hydroxylation is 1. The average Bonchev–Trinajstić information content (AvgIpc) is 2.94. The van der Waals surface area contributed by atoms with Crippen LogP contribution in [0.5, 0.6) is 0 Å². The van der Waals surface area contributed by atoms with Crippen LogP contribution in [0.25, 0.3) is 6.08 Å². The largest absolute Gasteiger partial charge is 0.383 e. The number of methoxy groups -OCH3 is 1. The number of carbonyl (C=O) groups excluding carboxylic acids is 1. The van der Waals surface area contributed by atoms with Crippen molar-refractivity contribution in [3.8, 4) is 6.07 Å². The minimum Gasteiger partial charge on any atom is -0.383 e. The number of hydrogen-bond acceptors (Lipinski definition) is 3. The van der Waals surface area contributed by atoms with Crippen LogP contribution in [0.3, 0.4) is 0 Å². The second-order valence-electron chi connectivity index (χ2n) is 6.96. The lowest BCUT2D eigenvalue weighted by Crippen LogP contribution is -2.27. The summed E-state index contributed by atoms with van der Waals surface area (Å²) in [5.41, 5.74) is 3.70. The fourth-order valence-corrected chi connectivity index (χ4v) is 3.38. The molecule has 0 saturated carbocycles. The molecule has 0 saturated heterocycles. The molecular weight excluding hydrogens is 357 g/mol. The molecule has 5 nitrogen and oxygen atoms in total. The van der Waals surface area contributed by atoms with Gasteiger partial charge in [0.05, 0.1) is 12.6 Å². The van der Waals surface area contributed by atoms with Crippen LogP contribution in [0, 0.1) is 31.0 Å². The van der Waals surface area contributed by atoms with Crippen LogP contribution in [-0.2, 0) is 16.1 Å². The van der Waals surface area contributed by atoms with Gasteiger partial charge in [-0.1, -0.05) is 12.1 Å². The maximum Gasteiger partial charge on any atom is 0.264 e. The molecule has 1 atom stereocenters. The van der Waals surface area contributed by atoms with Crippen LogP contribution >= 0.6 is 0 Å². The van der Waals surface area contributed by atoms with Gasteiger partial charge in [-0.05, 0) is 56.2 Å². The molecule has 1 heterocycles. The van der Waals surface area contributed by atoms with E-state index < -0.39 is 0 Å². The summed E-state index contributed by atoms with van der Waals surface area (Å²) < 4.78 is 20.4. The third-order valence-electron chi connectivity index (χ3n) is 4.70. The van der Waals surface area contributed by atoms with Gasteiger partial charge in [0, 0.05) is 32.1 Å². The molecule has 0 aliphatic heterocycles. The van der Waals surface area contributed by atoms with Crippen molar-refractivity contribution < 1.29 is 13.9 Å². The number of benzene rings is 1. The number of hydrogen-bond donors (Lipinski definition) is 0. The first-order valence-corrected chi connectivity index (χ1v) is 9.07. The van der Waals surface area contributed by atoms with E-state index in [2.05, 4.69) is 11.5 Å². The van der Waals surface area contributed by atoms with Crippen molar-refractivity contribution >= 4 is 12.0 Å². The normalized spacial score (nSPS) is 12.5. The van der Waals surface area contributed by atoms with Crippen molar-refractivity contribution in [3.63, 3.8) is 0 Å². The number of aromatic nitrogens is 1. The molecule has 1 amide bonds. The molecule has 2 rings (SSSR count). The predicted octanol–water partition coefficient (Wildman–Crippen LogP) is 4.02. The molecule has 148 valence electrons. The zero-order chi connectivity index (χ0) is 20.8. The van der Waals surface area contributed by atoms with E-state index in [1.807, 2.05) is 26.0 Å². The number of nitrogens with zero attached hydrogens (tertiary/aromatic N) is 3. The van der Waals surface area contributed by atoms with Crippen LogP contribution in [0.1, 0.15) is 35.5 Å². The Morgan fingerprint density at radius 2 is 2.00 bits per heavy atom. The lowest BCUT2D eigenvalue weighted by molar-refractivity contribution is -0.125. The van der Waals surface area contributed by atoms with Gasteiger partial charge in [-0.25, -0.2) is 4.39 Å². The highest BCUT2D eigenvalue weighted by molar-refractivity contribution is 6.01. The lowest BCUT2D eigenvalue weighted by atomic mass is 10.1. The molecule has 1 aromatic heterocycles. The number of rotatable bonds is 7. The van der Waals surface area contributed by atoms with Crippen molar-refractivity contribution in [1.29, 1.82) is 5.26 Å². The van der Waals surface area contributed by atoms with Gasteiger partial charge >= 0.3 is 0 Å². The van der Waals surface area contributed by atoms with E-state index in [-0.39, 0.29) is 23.3 Å². The summed E-state index contributed by atoms with van der Waals surface area (Å²) in [6.07, 6.45) is 1.63. The van der Waals surface area contributed by atoms with E-state index in [0.717, 1.165) is 22.5 Å². The number of carbonyl (C=O) groups is 1. The van der Waals surface area contributed by atoms with E-state index >= 15 is 0 Å². The molecule has 2 aromatic rings. The fraction of sp³-hybridized carbons (Fsp3) is 0.364. The molecule has 0 fully saturated rings. The highest BCUT2D eigenvalue weighted by Crippen LogP contribution is 2.23. The van der Waals surface area contributed by atoms with Crippen LogP contribution in [-0.4, -0.2) is 36.1 Å². The van der Waals surface area contributed by atoms with Crippen LogP contribution in [0.4, 0.5) is 4.39 Å². The Kier molecular flexibility index (Phi) is 7.13. The van der Waals surface area contributed by atoms with Crippen LogP contribution in [0.15, 0.2) is 35.9 Å². The summed E-state index contributed by atoms with van der Waals surface area (Å²) in [6, 6.07) is 10.1. The van der Waals surface area contributed by atoms with Crippen molar-refractivity contribution in [2.24, 2.45) is 0 Å². The lowest BCUT2D eigenvalue weighted by Gasteiger charge is -2.18. The van der Waals surface area contributed by atoms with Gasteiger partial charge in [0.1, 0.15) is 17.5 Å². The van der Waals surface area contributed by atoms with E-state index in [9.17, 15) is 14.4 Å². The van der Waals surface area contributed by atoms with Gasteiger partial charge < -0.3 is 14.2 Å². The zero-order valence-electron chi connectivity index (χ0n) is 17.0. The van der Waals surface area contributed by atoms with Gasteiger partial charge in [0.2, 0.25) is 0 Å². The number of ether oxygens (including phenoxy) is 1. The first-order chi connectivity index (χ1) is 13.3. The van der Waals surface area contributed by atoms with Crippen LogP contribution < -0.4 is 0 Å². The van der Waals surface area contributed by atoms with Crippen molar-refractivity contribution in [2.45, 2.75) is 33.4 Å². The van der Waals surface area contributed by atoms with E-state index in [4.69, 9.17) is 4.74 Å². The summed E-state index contributed by atoms with van der Waals surface area (Å²) in [7, 11) is 3.29. The highest BCUT2D eigenvalue weighted by atomic mass is 19.1. The van der Waals surface area contributed by atoms with Gasteiger partial charge in [0.15, 0.2) is 0 Å². The monoisotopic (exact) mass is 383 g/mol. The number of amides is 1. The van der Waals surface area contributed by atoms with Crippen molar-refractivity contribution in [3.05, 3.63) is 64.2 Å². The second kappa shape index (κ2) is 9.34. The highest BCUT2D eigenvalue weighted by Gasteiger charge is 2.18. The first-order valence-electron chi connectivity index (χ1n) is 9.07. The number of likely N-dealkylation sites (N-methyl/N-ethyl adjacent to an activating group) is 1. The minimum absolute atomic E-state index is 0.0595. The van der Waals surface area contributed by atoms with Gasteiger partial charge in [-0.3, -0.25) is 4.79 Å². The molecule has 6 heteroatoms. The molecular formula is C22H26FN3O2. The summed E-state index contributed by atoms with van der Waals surface area (Å²) in [4.78, 5) is 14.2. The second-order valence-corrected chi connectivity index (χ2v) is 6.96. The molecule has 0 N–H and O–H groups in total. The third-order valence-corrected chi connectivity index (χ3v) is 4.70. The summed E-state index contributed by atoms with van der Waals surface area (Å²) in [5, 5.41) is 9.53. The minimum atomic E-state index is -0.374. The summed E-state index contributed by atoms with van der Waals surface area (Å²) >= 11 is 0. The van der Waals surface area contributed by atoms with Gasteiger partial charge in [0.25, 0.3) is 5.91 Å². The fourth-order valence-electron chi connectivity index (χ4n) is 3.38. The molecule has 0 radical (unpaired) electrons.